The molecule has 0 N–H and O–H groups in total. The SMILES string of the molecule is CCCCCCOc1ccccc1C(=O)N(CCC(=O)OCC)Cc1ccccc1. The third-order valence-corrected chi connectivity index (χ3v) is 4.77. The highest BCUT2D eigenvalue weighted by atomic mass is 16.5. The van der Waals surface area contributed by atoms with Gasteiger partial charge in [-0.15, -0.1) is 0 Å². The Balaban J connectivity index is 2.12. The molecule has 2 aromatic rings. The molecule has 30 heavy (non-hydrogen) atoms. The van der Waals surface area contributed by atoms with Gasteiger partial charge in [0.05, 0.1) is 25.2 Å². The van der Waals surface area contributed by atoms with E-state index in [4.69, 9.17) is 9.47 Å². The fraction of sp³-hybridized carbons (Fsp3) is 0.440. The summed E-state index contributed by atoms with van der Waals surface area (Å²) < 4.78 is 11.0. The van der Waals surface area contributed by atoms with E-state index in [2.05, 4.69) is 6.92 Å². The Morgan fingerprint density at radius 1 is 0.900 bits per heavy atom. The van der Waals surface area contributed by atoms with E-state index >= 15 is 0 Å². The van der Waals surface area contributed by atoms with Crippen molar-refractivity contribution in [1.82, 2.24) is 4.90 Å². The van der Waals surface area contributed by atoms with Crippen LogP contribution in [0.1, 0.15) is 61.9 Å². The van der Waals surface area contributed by atoms with E-state index in [1.54, 1.807) is 17.9 Å². The van der Waals surface area contributed by atoms with Gasteiger partial charge < -0.3 is 14.4 Å². The Morgan fingerprint density at radius 3 is 2.37 bits per heavy atom. The maximum absolute atomic E-state index is 13.4. The molecule has 0 spiro atoms. The van der Waals surface area contributed by atoms with Crippen LogP contribution in [-0.4, -0.2) is 36.5 Å². The van der Waals surface area contributed by atoms with Crippen molar-refractivity contribution in [2.75, 3.05) is 19.8 Å². The number of benzene rings is 2. The first-order chi connectivity index (χ1) is 14.7. The second kappa shape index (κ2) is 13.4. The molecule has 1 amide bonds. The molecule has 0 atom stereocenters. The fourth-order valence-corrected chi connectivity index (χ4v) is 3.17. The minimum atomic E-state index is -0.302. The minimum Gasteiger partial charge on any atom is -0.493 e. The van der Waals surface area contributed by atoms with Crippen molar-refractivity contribution in [3.63, 3.8) is 0 Å². The smallest absolute Gasteiger partial charge is 0.307 e. The maximum atomic E-state index is 13.4. The molecular weight excluding hydrogens is 378 g/mol. The second-order valence-corrected chi connectivity index (χ2v) is 7.17. The molecule has 0 aliphatic carbocycles. The molecule has 0 bridgehead atoms. The molecule has 2 rings (SSSR count). The summed E-state index contributed by atoms with van der Waals surface area (Å²) in [7, 11) is 0. The van der Waals surface area contributed by atoms with Gasteiger partial charge in [0.2, 0.25) is 0 Å². The number of hydrogen-bond acceptors (Lipinski definition) is 4. The van der Waals surface area contributed by atoms with Crippen LogP contribution in [0.25, 0.3) is 0 Å². The quantitative estimate of drug-likeness (QED) is 0.334. The number of esters is 1. The molecule has 0 saturated heterocycles. The normalized spacial score (nSPS) is 10.5. The molecule has 162 valence electrons. The summed E-state index contributed by atoms with van der Waals surface area (Å²) in [5.41, 5.74) is 1.53. The van der Waals surface area contributed by atoms with Gasteiger partial charge in [0.1, 0.15) is 5.75 Å². The number of para-hydroxylation sites is 1. The molecule has 0 aliphatic rings. The third-order valence-electron chi connectivity index (χ3n) is 4.77. The van der Waals surface area contributed by atoms with Crippen LogP contribution in [0, 0.1) is 0 Å². The lowest BCUT2D eigenvalue weighted by Crippen LogP contribution is -2.33. The van der Waals surface area contributed by atoms with Crippen LogP contribution in [0.15, 0.2) is 54.6 Å². The Kier molecular flexibility index (Phi) is 10.5. The zero-order valence-electron chi connectivity index (χ0n) is 18.1. The monoisotopic (exact) mass is 411 g/mol. The molecule has 0 fully saturated rings. The molecule has 5 nitrogen and oxygen atoms in total. The molecule has 0 heterocycles. The van der Waals surface area contributed by atoms with Crippen molar-refractivity contribution in [3.05, 3.63) is 65.7 Å². The number of ether oxygens (including phenoxy) is 2. The van der Waals surface area contributed by atoms with Crippen molar-refractivity contribution in [1.29, 1.82) is 0 Å². The van der Waals surface area contributed by atoms with Crippen LogP contribution in [-0.2, 0) is 16.1 Å². The summed E-state index contributed by atoms with van der Waals surface area (Å²) in [6.45, 7) is 5.58. The topological polar surface area (TPSA) is 55.8 Å². The molecular formula is C25H33NO4. The Labute approximate surface area is 180 Å². The van der Waals surface area contributed by atoms with Gasteiger partial charge in [0.25, 0.3) is 5.91 Å². The molecule has 0 saturated carbocycles. The number of carbonyl (C=O) groups excluding carboxylic acids is 2. The maximum Gasteiger partial charge on any atom is 0.307 e. The van der Waals surface area contributed by atoms with Crippen LogP contribution >= 0.6 is 0 Å². The van der Waals surface area contributed by atoms with E-state index in [0.29, 0.717) is 31.1 Å². The zero-order valence-corrected chi connectivity index (χ0v) is 18.1. The van der Waals surface area contributed by atoms with Crippen LogP contribution in [0.5, 0.6) is 5.75 Å². The third kappa shape index (κ3) is 7.90. The standard InChI is InChI=1S/C25H33NO4/c1-3-5-6-12-19-30-23-16-11-10-15-22(23)25(28)26(18-17-24(27)29-4-2)20-21-13-8-7-9-14-21/h7-11,13-16H,3-6,12,17-20H2,1-2H3. The van der Waals surface area contributed by atoms with Crippen molar-refractivity contribution in [2.45, 2.75) is 52.5 Å². The van der Waals surface area contributed by atoms with Crippen molar-refractivity contribution < 1.29 is 19.1 Å². The molecule has 0 aromatic heterocycles. The Hall–Kier alpha value is -2.82. The van der Waals surface area contributed by atoms with Gasteiger partial charge in [-0.2, -0.15) is 0 Å². The average Bonchev–Trinajstić information content (AvgIpc) is 2.77. The lowest BCUT2D eigenvalue weighted by Gasteiger charge is -2.24. The average molecular weight is 412 g/mol. The number of unbranched alkanes of at least 4 members (excludes halogenated alkanes) is 3. The fourth-order valence-electron chi connectivity index (χ4n) is 3.17. The first kappa shape index (κ1) is 23.5. The summed E-state index contributed by atoms with van der Waals surface area (Å²) in [5, 5.41) is 0. The molecule has 0 aliphatic heterocycles. The summed E-state index contributed by atoms with van der Waals surface area (Å²) in [6, 6.07) is 17.1. The lowest BCUT2D eigenvalue weighted by molar-refractivity contribution is -0.143. The molecule has 2 aromatic carbocycles. The van der Waals surface area contributed by atoms with E-state index in [-0.39, 0.29) is 24.8 Å². The summed E-state index contributed by atoms with van der Waals surface area (Å²) in [4.78, 5) is 26.9. The molecule has 5 heteroatoms. The number of carbonyl (C=O) groups is 2. The van der Waals surface area contributed by atoms with Crippen LogP contribution in [0.2, 0.25) is 0 Å². The van der Waals surface area contributed by atoms with Gasteiger partial charge in [0, 0.05) is 13.1 Å². The highest BCUT2D eigenvalue weighted by Crippen LogP contribution is 2.22. The lowest BCUT2D eigenvalue weighted by atomic mass is 10.1. The summed E-state index contributed by atoms with van der Waals surface area (Å²) in [6.07, 6.45) is 4.60. The molecule has 0 radical (unpaired) electrons. The van der Waals surface area contributed by atoms with Crippen LogP contribution in [0.3, 0.4) is 0 Å². The van der Waals surface area contributed by atoms with Crippen LogP contribution in [0.4, 0.5) is 0 Å². The number of amides is 1. The predicted molar refractivity (Wildman–Crippen MR) is 119 cm³/mol. The predicted octanol–water partition coefficient (Wildman–Crippen LogP) is 5.24. The van der Waals surface area contributed by atoms with E-state index in [1.807, 2.05) is 48.5 Å². The van der Waals surface area contributed by atoms with Crippen molar-refractivity contribution >= 4 is 11.9 Å². The van der Waals surface area contributed by atoms with Crippen LogP contribution < -0.4 is 4.74 Å². The first-order valence-corrected chi connectivity index (χ1v) is 10.9. The van der Waals surface area contributed by atoms with Gasteiger partial charge >= 0.3 is 5.97 Å². The number of nitrogens with zero attached hydrogens (tertiary/aromatic N) is 1. The van der Waals surface area contributed by atoms with Gasteiger partial charge in [0.15, 0.2) is 0 Å². The number of rotatable bonds is 13. The van der Waals surface area contributed by atoms with Gasteiger partial charge in [-0.1, -0.05) is 68.7 Å². The van der Waals surface area contributed by atoms with Crippen molar-refractivity contribution in [2.24, 2.45) is 0 Å². The van der Waals surface area contributed by atoms with E-state index < -0.39 is 0 Å². The Bertz CT molecular complexity index is 776. The van der Waals surface area contributed by atoms with E-state index in [0.717, 1.165) is 18.4 Å². The Morgan fingerprint density at radius 2 is 1.63 bits per heavy atom. The minimum absolute atomic E-state index is 0.146. The van der Waals surface area contributed by atoms with E-state index in [9.17, 15) is 9.59 Å². The number of hydrogen-bond donors (Lipinski definition) is 0. The largest absolute Gasteiger partial charge is 0.493 e. The van der Waals surface area contributed by atoms with Gasteiger partial charge in [-0.25, -0.2) is 0 Å². The van der Waals surface area contributed by atoms with Gasteiger partial charge in [-0.05, 0) is 31.0 Å². The zero-order chi connectivity index (χ0) is 21.6. The highest BCUT2D eigenvalue weighted by Gasteiger charge is 2.21. The molecule has 0 unspecified atom stereocenters. The summed E-state index contributed by atoms with van der Waals surface area (Å²) >= 11 is 0. The van der Waals surface area contributed by atoms with E-state index in [1.165, 1.54) is 12.8 Å². The van der Waals surface area contributed by atoms with Gasteiger partial charge in [-0.3, -0.25) is 9.59 Å². The first-order valence-electron chi connectivity index (χ1n) is 10.9. The second-order valence-electron chi connectivity index (χ2n) is 7.17. The van der Waals surface area contributed by atoms with Crippen molar-refractivity contribution in [3.8, 4) is 5.75 Å². The summed E-state index contributed by atoms with van der Waals surface area (Å²) in [5.74, 6) is 0.143. The highest BCUT2D eigenvalue weighted by molar-refractivity contribution is 5.97.